The number of nitrogens with one attached hydrogen (secondary N) is 1. The maximum absolute atomic E-state index is 13.0. The van der Waals surface area contributed by atoms with Gasteiger partial charge in [0.2, 0.25) is 0 Å². The lowest BCUT2D eigenvalue weighted by Crippen LogP contribution is -2.12. The molecule has 1 N–H and O–H groups in total. The van der Waals surface area contributed by atoms with Crippen molar-refractivity contribution in [3.8, 4) is 10.7 Å². The molecule has 0 bridgehead atoms. The summed E-state index contributed by atoms with van der Waals surface area (Å²) in [5, 5.41) is 2.88. The molecule has 10 heteroatoms. The number of hydrogen-bond acceptors (Lipinski definition) is 6. The highest BCUT2D eigenvalue weighted by Crippen LogP contribution is 2.33. The monoisotopic (exact) mass is 392 g/mol. The van der Waals surface area contributed by atoms with Gasteiger partial charge in [0.15, 0.2) is 11.0 Å². The van der Waals surface area contributed by atoms with Crippen LogP contribution < -0.4 is 5.32 Å². The molecule has 0 radical (unpaired) electrons. The molecule has 2 aromatic heterocycles. The van der Waals surface area contributed by atoms with Crippen molar-refractivity contribution in [2.45, 2.75) is 13.5 Å². The van der Waals surface area contributed by atoms with Crippen LogP contribution in [0.15, 0.2) is 36.7 Å². The van der Waals surface area contributed by atoms with E-state index in [2.05, 4.69) is 20.0 Å². The number of aromatic nitrogens is 3. The zero-order chi connectivity index (χ0) is 19.6. The van der Waals surface area contributed by atoms with Crippen molar-refractivity contribution in [2.24, 2.45) is 0 Å². The molecule has 3 rings (SSSR count). The Morgan fingerprint density at radius 1 is 1.22 bits per heavy atom. The van der Waals surface area contributed by atoms with Crippen molar-refractivity contribution in [1.29, 1.82) is 0 Å². The summed E-state index contributed by atoms with van der Waals surface area (Å²) >= 11 is 1.05. The number of carbonyl (C=O) groups is 2. The van der Waals surface area contributed by atoms with Crippen molar-refractivity contribution < 1.29 is 23.1 Å². The third-order valence-electron chi connectivity index (χ3n) is 3.67. The number of rotatable bonds is 5. The van der Waals surface area contributed by atoms with Crippen LogP contribution in [0.3, 0.4) is 0 Å². The molecule has 0 aliphatic rings. The van der Waals surface area contributed by atoms with E-state index in [1.807, 2.05) is 0 Å². The second-order valence-corrected chi connectivity index (χ2v) is 6.39. The first kappa shape index (κ1) is 18.6. The van der Waals surface area contributed by atoms with E-state index < -0.39 is 18.4 Å². The van der Waals surface area contributed by atoms with Crippen LogP contribution in [0.4, 0.5) is 13.9 Å². The van der Waals surface area contributed by atoms with Crippen molar-refractivity contribution in [3.05, 3.63) is 53.5 Å². The molecule has 0 aliphatic carbocycles. The minimum atomic E-state index is -2.73. The number of aryl methyl sites for hydroxylation is 1. The van der Waals surface area contributed by atoms with Crippen LogP contribution >= 0.6 is 11.3 Å². The summed E-state index contributed by atoms with van der Waals surface area (Å²) in [6.07, 6.45) is 2.46. The molecule has 3 aromatic rings. The number of anilines is 1. The number of carbonyl (C=O) groups excluding carboxylic acids is 2. The number of alkyl halides is 2. The van der Waals surface area contributed by atoms with E-state index in [-0.39, 0.29) is 11.0 Å². The first-order valence-electron chi connectivity index (χ1n) is 7.69. The predicted molar refractivity (Wildman–Crippen MR) is 95.1 cm³/mol. The summed E-state index contributed by atoms with van der Waals surface area (Å²) in [5.74, 6) is -0.858. The molecule has 0 spiro atoms. The topological polar surface area (TPSA) is 86.1 Å². The largest absolute Gasteiger partial charge is 0.465 e. The highest BCUT2D eigenvalue weighted by Gasteiger charge is 2.19. The molecule has 0 saturated heterocycles. The molecule has 27 heavy (non-hydrogen) atoms. The van der Waals surface area contributed by atoms with Gasteiger partial charge in [-0.3, -0.25) is 14.7 Å². The van der Waals surface area contributed by atoms with Crippen LogP contribution in [0.2, 0.25) is 0 Å². The number of benzene rings is 1. The predicted octanol–water partition coefficient (Wildman–Crippen LogP) is 3.75. The molecule has 1 amide bonds. The molecule has 140 valence electrons. The molecule has 2 heterocycles. The van der Waals surface area contributed by atoms with Gasteiger partial charge in [-0.1, -0.05) is 11.3 Å². The second kappa shape index (κ2) is 7.62. The van der Waals surface area contributed by atoms with Crippen molar-refractivity contribution in [3.63, 3.8) is 0 Å². The van der Waals surface area contributed by atoms with Crippen LogP contribution in [0.1, 0.15) is 33.0 Å². The highest BCUT2D eigenvalue weighted by molar-refractivity contribution is 7.19. The fourth-order valence-electron chi connectivity index (χ4n) is 2.35. The third-order valence-corrected chi connectivity index (χ3v) is 4.74. The Labute approximate surface area is 156 Å². The van der Waals surface area contributed by atoms with Crippen molar-refractivity contribution in [1.82, 2.24) is 14.5 Å². The van der Waals surface area contributed by atoms with Crippen LogP contribution in [0.5, 0.6) is 0 Å². The zero-order valence-corrected chi connectivity index (χ0v) is 15.1. The van der Waals surface area contributed by atoms with Gasteiger partial charge in [-0.15, -0.1) is 0 Å². The molecule has 0 saturated carbocycles. The molecule has 0 atom stereocenters. The standard InChI is InChI=1S/C17H14F2N4O3S/c1-9-12(13-20-7-8-23(13)16(18)19)27-17(21-9)22-14(24)10-3-5-11(6-4-10)15(25)26-2/h3-8,16H,1-2H3,(H,21,22,24). The molecule has 1 aromatic carbocycles. The van der Waals surface area contributed by atoms with Gasteiger partial charge in [-0.25, -0.2) is 14.8 Å². The van der Waals surface area contributed by atoms with E-state index in [0.29, 0.717) is 21.7 Å². The van der Waals surface area contributed by atoms with E-state index in [1.54, 1.807) is 6.92 Å². The summed E-state index contributed by atoms with van der Waals surface area (Å²) in [6, 6.07) is 5.90. The summed E-state index contributed by atoms with van der Waals surface area (Å²) in [7, 11) is 1.27. The number of hydrogen-bond donors (Lipinski definition) is 1. The highest BCUT2D eigenvalue weighted by atomic mass is 32.1. The summed E-state index contributed by atoms with van der Waals surface area (Å²) in [5.41, 5.74) is 1.11. The SMILES string of the molecule is COC(=O)c1ccc(C(=O)Nc2nc(C)c(-c3nccn3C(F)F)s2)cc1. The maximum Gasteiger partial charge on any atom is 0.337 e. The first-order valence-corrected chi connectivity index (χ1v) is 8.51. The Kier molecular flexibility index (Phi) is 5.26. The molecule has 7 nitrogen and oxygen atoms in total. The number of amides is 1. The minimum Gasteiger partial charge on any atom is -0.465 e. The number of ether oxygens (including phenoxy) is 1. The van der Waals surface area contributed by atoms with E-state index in [4.69, 9.17) is 0 Å². The Hall–Kier alpha value is -3.14. The fourth-order valence-corrected chi connectivity index (χ4v) is 3.31. The average Bonchev–Trinajstić information content (AvgIpc) is 3.27. The lowest BCUT2D eigenvalue weighted by Gasteiger charge is -2.04. The van der Waals surface area contributed by atoms with E-state index in [1.165, 1.54) is 43.8 Å². The van der Waals surface area contributed by atoms with E-state index in [0.717, 1.165) is 15.9 Å². The van der Waals surface area contributed by atoms with Crippen LogP contribution in [0.25, 0.3) is 10.7 Å². The lowest BCUT2D eigenvalue weighted by molar-refractivity contribution is 0.0600. The van der Waals surface area contributed by atoms with E-state index >= 15 is 0 Å². The van der Waals surface area contributed by atoms with Crippen LogP contribution in [-0.4, -0.2) is 33.5 Å². The fraction of sp³-hybridized carbons (Fsp3) is 0.176. The molecule has 0 fully saturated rings. The quantitative estimate of drug-likeness (QED) is 0.669. The Morgan fingerprint density at radius 3 is 2.52 bits per heavy atom. The summed E-state index contributed by atoms with van der Waals surface area (Å²) < 4.78 is 31.4. The summed E-state index contributed by atoms with van der Waals surface area (Å²) in [4.78, 5) is 32.4. The smallest absolute Gasteiger partial charge is 0.337 e. The van der Waals surface area contributed by atoms with Gasteiger partial charge in [0, 0.05) is 18.0 Å². The number of thiazole rings is 1. The summed E-state index contributed by atoms with van der Waals surface area (Å²) in [6.45, 7) is -1.08. The van der Waals surface area contributed by atoms with E-state index in [9.17, 15) is 18.4 Å². The van der Waals surface area contributed by atoms with Gasteiger partial charge < -0.3 is 4.74 Å². The lowest BCUT2D eigenvalue weighted by atomic mass is 10.1. The minimum absolute atomic E-state index is 0.0860. The third kappa shape index (κ3) is 3.85. The van der Waals surface area contributed by atoms with Gasteiger partial charge >= 0.3 is 12.5 Å². The number of imidazole rings is 1. The zero-order valence-electron chi connectivity index (χ0n) is 14.3. The van der Waals surface area contributed by atoms with Gasteiger partial charge in [0.25, 0.3) is 5.91 Å². The maximum atomic E-state index is 13.0. The normalized spacial score (nSPS) is 10.9. The molecular formula is C17H14F2N4O3S. The Balaban J connectivity index is 1.79. The van der Waals surface area contributed by atoms with Crippen LogP contribution in [0, 0.1) is 6.92 Å². The van der Waals surface area contributed by atoms with Gasteiger partial charge in [-0.05, 0) is 31.2 Å². The van der Waals surface area contributed by atoms with Crippen molar-refractivity contribution in [2.75, 3.05) is 12.4 Å². The second-order valence-electron chi connectivity index (χ2n) is 5.39. The number of esters is 1. The molecule has 0 aliphatic heterocycles. The Morgan fingerprint density at radius 2 is 1.89 bits per heavy atom. The van der Waals surface area contributed by atoms with Crippen molar-refractivity contribution >= 4 is 28.3 Å². The van der Waals surface area contributed by atoms with Crippen LogP contribution in [-0.2, 0) is 4.74 Å². The van der Waals surface area contributed by atoms with Gasteiger partial charge in [0.1, 0.15) is 0 Å². The van der Waals surface area contributed by atoms with Gasteiger partial charge in [-0.2, -0.15) is 8.78 Å². The number of methoxy groups -OCH3 is 1. The number of halogens is 2. The average molecular weight is 392 g/mol. The molecular weight excluding hydrogens is 378 g/mol. The van der Waals surface area contributed by atoms with Gasteiger partial charge in [0.05, 0.1) is 23.2 Å². The number of nitrogens with zero attached hydrogens (tertiary/aromatic N) is 3. The first-order chi connectivity index (χ1) is 12.9. The Bertz CT molecular complexity index is 982. The molecule has 0 unspecified atom stereocenters.